The number of carboxylic acid groups (broad SMARTS) is 1. The predicted octanol–water partition coefficient (Wildman–Crippen LogP) is 5.38. The third-order valence-electron chi connectivity index (χ3n) is 5.77. The van der Waals surface area contributed by atoms with Crippen LogP contribution in [0.3, 0.4) is 0 Å². The molecule has 0 spiro atoms. The zero-order valence-electron chi connectivity index (χ0n) is 16.3. The molecular weight excluding hydrogens is 383 g/mol. The maximum absolute atomic E-state index is 12.8. The van der Waals surface area contributed by atoms with Gasteiger partial charge in [-0.1, -0.05) is 18.2 Å². The minimum atomic E-state index is -4.12. The van der Waals surface area contributed by atoms with Crippen LogP contribution in [0.1, 0.15) is 51.0 Å². The molecule has 0 saturated heterocycles. The number of rotatable bonds is 6. The molecule has 1 aliphatic rings. The van der Waals surface area contributed by atoms with Crippen LogP contribution < -0.4 is 10.5 Å². The van der Waals surface area contributed by atoms with Gasteiger partial charge < -0.3 is 15.6 Å². The summed E-state index contributed by atoms with van der Waals surface area (Å²) in [6.07, 6.45) is -2.98. The van der Waals surface area contributed by atoms with Crippen LogP contribution in [-0.2, 0) is 10.3 Å². The molecule has 0 radical (unpaired) electrons. The smallest absolute Gasteiger partial charge is 0.391 e. The summed E-state index contributed by atoms with van der Waals surface area (Å²) in [6.45, 7) is 1.81. The second-order valence-corrected chi connectivity index (χ2v) is 8.17. The lowest BCUT2D eigenvalue weighted by Gasteiger charge is -2.30. The Balaban J connectivity index is 1.67. The van der Waals surface area contributed by atoms with Crippen LogP contribution in [0.5, 0.6) is 5.75 Å². The zero-order valence-corrected chi connectivity index (χ0v) is 16.3. The van der Waals surface area contributed by atoms with E-state index in [1.54, 1.807) is 0 Å². The van der Waals surface area contributed by atoms with Gasteiger partial charge in [-0.05, 0) is 73.6 Å². The summed E-state index contributed by atoms with van der Waals surface area (Å²) >= 11 is 0. The lowest BCUT2D eigenvalue weighted by atomic mass is 9.87. The van der Waals surface area contributed by atoms with E-state index in [9.17, 15) is 18.0 Å². The maximum Gasteiger partial charge on any atom is 0.391 e. The van der Waals surface area contributed by atoms with E-state index in [-0.39, 0.29) is 25.4 Å². The van der Waals surface area contributed by atoms with E-state index in [2.05, 4.69) is 0 Å². The number of fused-ring (bicyclic) bond motifs is 1. The molecule has 2 aromatic rings. The monoisotopic (exact) mass is 409 g/mol. The van der Waals surface area contributed by atoms with Gasteiger partial charge in [-0.15, -0.1) is 0 Å². The molecular formula is C22H26F3NO3. The molecule has 0 aromatic heterocycles. The number of nitrogens with two attached hydrogens (primary N) is 1. The number of carboxylic acids is 1. The Morgan fingerprint density at radius 1 is 1.10 bits per heavy atom. The number of aliphatic carboxylic acids is 1. The number of hydrogen-bond donors (Lipinski definition) is 2. The van der Waals surface area contributed by atoms with Gasteiger partial charge in [-0.25, -0.2) is 0 Å². The van der Waals surface area contributed by atoms with E-state index in [0.717, 1.165) is 16.3 Å². The van der Waals surface area contributed by atoms with Gasteiger partial charge in [0.15, 0.2) is 0 Å². The average molecular weight is 409 g/mol. The van der Waals surface area contributed by atoms with Gasteiger partial charge in [0.05, 0.1) is 12.0 Å². The fourth-order valence-electron chi connectivity index (χ4n) is 3.86. The molecule has 4 nitrogen and oxygen atoms in total. The summed E-state index contributed by atoms with van der Waals surface area (Å²) in [7, 11) is 0. The van der Waals surface area contributed by atoms with Gasteiger partial charge in [0.2, 0.25) is 0 Å². The average Bonchev–Trinajstić information content (AvgIpc) is 2.66. The minimum Gasteiger partial charge on any atom is -0.490 e. The largest absolute Gasteiger partial charge is 0.490 e. The highest BCUT2D eigenvalue weighted by atomic mass is 19.4. The summed E-state index contributed by atoms with van der Waals surface area (Å²) < 4.78 is 44.3. The minimum absolute atomic E-state index is 0.00556. The molecule has 3 rings (SSSR count). The van der Waals surface area contributed by atoms with Crippen molar-refractivity contribution in [3.05, 3.63) is 42.0 Å². The highest BCUT2D eigenvalue weighted by Crippen LogP contribution is 2.38. The number of benzene rings is 2. The lowest BCUT2D eigenvalue weighted by molar-refractivity contribution is -0.185. The Morgan fingerprint density at radius 2 is 1.72 bits per heavy atom. The molecule has 2 aromatic carbocycles. The van der Waals surface area contributed by atoms with Crippen molar-refractivity contribution in [3.63, 3.8) is 0 Å². The summed E-state index contributed by atoms with van der Waals surface area (Å²) in [5, 5.41) is 10.8. The summed E-state index contributed by atoms with van der Waals surface area (Å²) in [4.78, 5) is 10.8. The summed E-state index contributed by atoms with van der Waals surface area (Å²) in [6, 6.07) is 11.3. The third-order valence-corrected chi connectivity index (χ3v) is 5.77. The van der Waals surface area contributed by atoms with Crippen molar-refractivity contribution in [1.29, 1.82) is 0 Å². The molecule has 0 amide bonds. The third kappa shape index (κ3) is 5.41. The van der Waals surface area contributed by atoms with Gasteiger partial charge in [-0.3, -0.25) is 4.79 Å². The van der Waals surface area contributed by atoms with Crippen LogP contribution >= 0.6 is 0 Å². The molecule has 7 heteroatoms. The van der Waals surface area contributed by atoms with Crippen LogP contribution in [-0.4, -0.2) is 23.4 Å². The van der Waals surface area contributed by atoms with E-state index in [1.807, 2.05) is 43.3 Å². The van der Waals surface area contributed by atoms with Crippen LogP contribution in [0.15, 0.2) is 36.4 Å². The van der Waals surface area contributed by atoms with Crippen LogP contribution in [0, 0.1) is 5.92 Å². The molecule has 1 fully saturated rings. The number of ether oxygens (including phenoxy) is 1. The van der Waals surface area contributed by atoms with Crippen molar-refractivity contribution in [1.82, 2.24) is 0 Å². The first-order valence-electron chi connectivity index (χ1n) is 9.83. The van der Waals surface area contributed by atoms with Gasteiger partial charge in [0, 0.05) is 12.0 Å². The fourth-order valence-corrected chi connectivity index (χ4v) is 3.86. The lowest BCUT2D eigenvalue weighted by Crippen LogP contribution is -2.33. The number of hydrogen-bond acceptors (Lipinski definition) is 3. The van der Waals surface area contributed by atoms with Crippen molar-refractivity contribution in [2.45, 2.75) is 63.3 Å². The van der Waals surface area contributed by atoms with E-state index in [4.69, 9.17) is 15.6 Å². The highest BCUT2D eigenvalue weighted by Gasteiger charge is 2.41. The molecule has 0 heterocycles. The quantitative estimate of drug-likeness (QED) is 0.672. The molecule has 1 unspecified atom stereocenters. The molecule has 158 valence electrons. The normalized spacial score (nSPS) is 22.2. The van der Waals surface area contributed by atoms with E-state index < -0.39 is 23.6 Å². The number of carbonyl (C=O) groups is 1. The maximum atomic E-state index is 12.8. The molecule has 1 saturated carbocycles. The zero-order chi connectivity index (χ0) is 21.2. The molecule has 3 N–H and O–H groups in total. The van der Waals surface area contributed by atoms with E-state index in [1.165, 1.54) is 0 Å². The van der Waals surface area contributed by atoms with Gasteiger partial charge in [-0.2, -0.15) is 13.2 Å². The Hall–Kier alpha value is -2.28. The molecule has 1 atom stereocenters. The summed E-state index contributed by atoms with van der Waals surface area (Å²) in [5.41, 5.74) is 6.41. The Kier molecular flexibility index (Phi) is 6.08. The van der Waals surface area contributed by atoms with Crippen molar-refractivity contribution in [3.8, 4) is 5.75 Å². The SMILES string of the molecule is CC(N)(CCC(=O)O)c1ccc2cc(O[C@H]3CC[C@@H](C(F)(F)F)CC3)ccc2c1. The van der Waals surface area contributed by atoms with Gasteiger partial charge in [0.1, 0.15) is 5.75 Å². The number of halogens is 3. The van der Waals surface area contributed by atoms with Gasteiger partial charge in [0.25, 0.3) is 0 Å². The van der Waals surface area contributed by atoms with Crippen LogP contribution in [0.25, 0.3) is 10.8 Å². The Labute approximate surface area is 167 Å². The molecule has 0 aliphatic heterocycles. The fraction of sp³-hybridized carbons (Fsp3) is 0.500. The topological polar surface area (TPSA) is 72.6 Å². The van der Waals surface area contributed by atoms with Crippen molar-refractivity contribution in [2.75, 3.05) is 0 Å². The van der Waals surface area contributed by atoms with Gasteiger partial charge >= 0.3 is 12.1 Å². The number of alkyl halides is 3. The summed E-state index contributed by atoms with van der Waals surface area (Å²) in [5.74, 6) is -1.46. The van der Waals surface area contributed by atoms with E-state index in [0.29, 0.717) is 25.0 Å². The molecule has 0 bridgehead atoms. The van der Waals surface area contributed by atoms with E-state index >= 15 is 0 Å². The predicted molar refractivity (Wildman–Crippen MR) is 105 cm³/mol. The first-order valence-corrected chi connectivity index (χ1v) is 9.83. The van der Waals surface area contributed by atoms with Crippen LogP contribution in [0.4, 0.5) is 13.2 Å². The van der Waals surface area contributed by atoms with Crippen LogP contribution in [0.2, 0.25) is 0 Å². The molecule has 1 aliphatic carbocycles. The Morgan fingerprint density at radius 3 is 2.34 bits per heavy atom. The van der Waals surface area contributed by atoms with Crippen molar-refractivity contribution in [2.24, 2.45) is 11.7 Å². The first-order chi connectivity index (χ1) is 13.5. The highest BCUT2D eigenvalue weighted by molar-refractivity contribution is 5.84. The Bertz CT molecular complexity index is 871. The second kappa shape index (κ2) is 8.22. The first kappa shape index (κ1) is 21.4. The standard InChI is InChI=1S/C22H26F3NO3/c1-21(26,11-10-20(27)28)17-4-2-15-13-19(7-3-14(15)12-17)29-18-8-5-16(6-9-18)22(23,24)25/h2-4,7,12-13,16,18H,5-6,8-11,26H2,1H3,(H,27,28)/t16-,18+,21?. The van der Waals surface area contributed by atoms with Crippen molar-refractivity contribution >= 4 is 16.7 Å². The van der Waals surface area contributed by atoms with Crippen molar-refractivity contribution < 1.29 is 27.8 Å². The molecule has 29 heavy (non-hydrogen) atoms. The second-order valence-electron chi connectivity index (χ2n) is 8.17.